The number of nitrogens with zero attached hydrogens (tertiary/aromatic N) is 3. The predicted molar refractivity (Wildman–Crippen MR) is 144 cm³/mol. The third-order valence-electron chi connectivity index (χ3n) is 6.79. The van der Waals surface area contributed by atoms with Gasteiger partial charge in [0.05, 0.1) is 29.5 Å². The molecule has 4 rings (SSSR count). The first kappa shape index (κ1) is 27.4. The Hall–Kier alpha value is -3.61. The Morgan fingerprint density at radius 1 is 1.16 bits per heavy atom. The number of hydrogen-bond donors (Lipinski definition) is 2. The maximum Gasteiger partial charge on any atom is 0.246 e. The van der Waals surface area contributed by atoms with Crippen molar-refractivity contribution < 1.29 is 27.3 Å². The number of aromatic nitrogens is 1. The summed E-state index contributed by atoms with van der Waals surface area (Å²) in [4.78, 5) is 42.2. The molecule has 0 fully saturated rings. The number of amides is 2. The Morgan fingerprint density at radius 2 is 1.82 bits per heavy atom. The van der Waals surface area contributed by atoms with Crippen LogP contribution in [0.5, 0.6) is 0 Å². The molecule has 2 aromatic carbocycles. The summed E-state index contributed by atoms with van der Waals surface area (Å²) in [6.07, 6.45) is 1.73. The first-order valence-corrected chi connectivity index (χ1v) is 14.2. The third kappa shape index (κ3) is 5.47. The second kappa shape index (κ2) is 10.6. The van der Waals surface area contributed by atoms with Gasteiger partial charge in [-0.25, -0.2) is 8.42 Å². The number of nitrogens with one attached hydrogen (secondary N) is 2. The van der Waals surface area contributed by atoms with Gasteiger partial charge < -0.3 is 29.8 Å². The first-order chi connectivity index (χ1) is 18.0. The molecule has 202 valence electrons. The van der Waals surface area contributed by atoms with Gasteiger partial charge in [0.2, 0.25) is 11.8 Å². The van der Waals surface area contributed by atoms with E-state index in [4.69, 9.17) is 4.52 Å². The number of hydrogen-bond acceptors (Lipinski definition) is 9. The Balaban J connectivity index is 1.83. The molecule has 2 heterocycles. The SMILES string of the molecule is CNC(C)(C=O)CNC1C(=O)N(Cc2noc3ccccc23)c2ccccc2N(C(=O)CS(C)(=O)=O)C1C. The lowest BCUT2D eigenvalue weighted by Gasteiger charge is -2.34. The van der Waals surface area contributed by atoms with Crippen LogP contribution in [0.15, 0.2) is 53.1 Å². The van der Waals surface area contributed by atoms with Crippen molar-refractivity contribution in [3.05, 3.63) is 54.2 Å². The zero-order valence-electron chi connectivity index (χ0n) is 21.7. The summed E-state index contributed by atoms with van der Waals surface area (Å²) in [5, 5.41) is 11.0. The Bertz CT molecular complexity index is 1470. The summed E-state index contributed by atoms with van der Waals surface area (Å²) >= 11 is 0. The van der Waals surface area contributed by atoms with Crippen LogP contribution in [-0.2, 0) is 30.8 Å². The van der Waals surface area contributed by atoms with E-state index < -0.39 is 39.1 Å². The van der Waals surface area contributed by atoms with Crippen molar-refractivity contribution in [1.82, 2.24) is 15.8 Å². The van der Waals surface area contributed by atoms with Gasteiger partial charge in [0.1, 0.15) is 23.8 Å². The van der Waals surface area contributed by atoms with Crippen molar-refractivity contribution in [2.75, 3.05) is 35.4 Å². The van der Waals surface area contributed by atoms with Crippen LogP contribution in [0.1, 0.15) is 19.5 Å². The zero-order chi connectivity index (χ0) is 27.7. The largest absolute Gasteiger partial charge is 0.356 e. The Labute approximate surface area is 221 Å². The molecule has 0 aliphatic carbocycles. The van der Waals surface area contributed by atoms with Crippen LogP contribution in [0.2, 0.25) is 0 Å². The van der Waals surface area contributed by atoms with Crippen LogP contribution in [-0.4, -0.2) is 74.9 Å². The fourth-order valence-corrected chi connectivity index (χ4v) is 5.13. The van der Waals surface area contributed by atoms with Crippen LogP contribution in [0.4, 0.5) is 11.4 Å². The first-order valence-electron chi connectivity index (χ1n) is 12.1. The molecular formula is C26H31N5O6S. The van der Waals surface area contributed by atoms with Crippen molar-refractivity contribution in [2.45, 2.75) is 38.0 Å². The van der Waals surface area contributed by atoms with E-state index >= 15 is 0 Å². The highest BCUT2D eigenvalue weighted by Crippen LogP contribution is 2.37. The summed E-state index contributed by atoms with van der Waals surface area (Å²) in [6.45, 7) is 3.49. The highest BCUT2D eigenvalue weighted by molar-refractivity contribution is 7.91. The topological polar surface area (TPSA) is 142 Å². The number of carbonyl (C=O) groups excluding carboxylic acids is 3. The number of sulfone groups is 1. The van der Waals surface area contributed by atoms with E-state index in [2.05, 4.69) is 15.8 Å². The van der Waals surface area contributed by atoms with Gasteiger partial charge in [-0.15, -0.1) is 0 Å². The molecule has 12 heteroatoms. The summed E-state index contributed by atoms with van der Waals surface area (Å²) < 4.78 is 29.6. The van der Waals surface area contributed by atoms with E-state index in [1.807, 2.05) is 18.2 Å². The Kier molecular flexibility index (Phi) is 7.68. The van der Waals surface area contributed by atoms with Crippen LogP contribution in [0, 0.1) is 0 Å². The van der Waals surface area contributed by atoms with Gasteiger partial charge in [-0.2, -0.15) is 0 Å². The highest BCUT2D eigenvalue weighted by atomic mass is 32.2. The highest BCUT2D eigenvalue weighted by Gasteiger charge is 2.42. The van der Waals surface area contributed by atoms with Gasteiger partial charge in [0.15, 0.2) is 15.4 Å². The smallest absolute Gasteiger partial charge is 0.246 e. The number of benzene rings is 2. The number of fused-ring (bicyclic) bond motifs is 2. The number of aldehydes is 1. The van der Waals surface area contributed by atoms with Gasteiger partial charge in [0.25, 0.3) is 0 Å². The fourth-order valence-electron chi connectivity index (χ4n) is 4.55. The molecule has 3 aromatic rings. The van der Waals surface area contributed by atoms with Gasteiger partial charge in [0, 0.05) is 18.2 Å². The number of anilines is 2. The summed E-state index contributed by atoms with van der Waals surface area (Å²) in [5.74, 6) is -1.74. The quantitative estimate of drug-likeness (QED) is 0.383. The molecule has 38 heavy (non-hydrogen) atoms. The van der Waals surface area contributed by atoms with Crippen molar-refractivity contribution in [3.63, 3.8) is 0 Å². The average molecular weight is 542 g/mol. The van der Waals surface area contributed by atoms with E-state index in [0.29, 0.717) is 22.7 Å². The monoisotopic (exact) mass is 541 g/mol. The van der Waals surface area contributed by atoms with Gasteiger partial charge in [-0.3, -0.25) is 9.59 Å². The van der Waals surface area contributed by atoms with Gasteiger partial charge >= 0.3 is 0 Å². The zero-order valence-corrected chi connectivity index (χ0v) is 22.5. The van der Waals surface area contributed by atoms with Gasteiger partial charge in [-0.1, -0.05) is 29.4 Å². The minimum Gasteiger partial charge on any atom is -0.356 e. The van der Waals surface area contributed by atoms with E-state index in [1.54, 1.807) is 51.2 Å². The van der Waals surface area contributed by atoms with Crippen molar-refractivity contribution in [2.24, 2.45) is 0 Å². The van der Waals surface area contributed by atoms with Gasteiger partial charge in [-0.05, 0) is 45.2 Å². The molecule has 0 saturated carbocycles. The molecule has 1 aromatic heterocycles. The fraction of sp³-hybridized carbons (Fsp3) is 0.385. The number of para-hydroxylation sites is 3. The van der Waals surface area contributed by atoms with Crippen LogP contribution in [0.25, 0.3) is 11.0 Å². The van der Waals surface area contributed by atoms with E-state index in [-0.39, 0.29) is 19.0 Å². The normalized spacial score (nSPS) is 19.6. The second-order valence-electron chi connectivity index (χ2n) is 9.76. The lowest BCUT2D eigenvalue weighted by atomic mass is 10.0. The van der Waals surface area contributed by atoms with E-state index in [9.17, 15) is 22.8 Å². The lowest BCUT2D eigenvalue weighted by Crippen LogP contribution is -2.61. The summed E-state index contributed by atoms with van der Waals surface area (Å²) in [5.41, 5.74) is 0.939. The van der Waals surface area contributed by atoms with E-state index in [1.165, 1.54) is 9.80 Å². The molecule has 1 aliphatic rings. The number of rotatable bonds is 9. The average Bonchev–Trinajstić information content (AvgIpc) is 3.26. The van der Waals surface area contributed by atoms with Crippen LogP contribution in [0.3, 0.4) is 0 Å². The molecule has 11 nitrogen and oxygen atoms in total. The molecule has 0 saturated heterocycles. The predicted octanol–water partition coefficient (Wildman–Crippen LogP) is 1.28. The minimum atomic E-state index is -3.65. The summed E-state index contributed by atoms with van der Waals surface area (Å²) in [6, 6.07) is 12.4. The standard InChI is InChI=1S/C26H31N5O6S/c1-17-24(28-15-26(2,16-32)27-3)25(34)30(13-19-18-9-5-8-12-22(18)37-29-19)20-10-6-7-11-21(20)31(17)23(33)14-38(4,35)36/h5-12,16-17,24,27-28H,13-15H2,1-4H3. The molecule has 1 aliphatic heterocycles. The number of likely N-dealkylation sites (N-methyl/N-ethyl adjacent to an activating group) is 1. The van der Waals surface area contributed by atoms with Crippen molar-refractivity contribution >= 4 is 50.3 Å². The molecule has 0 radical (unpaired) electrons. The second-order valence-corrected chi connectivity index (χ2v) is 11.9. The molecule has 2 amide bonds. The molecule has 3 unspecified atom stereocenters. The maximum atomic E-state index is 14.2. The van der Waals surface area contributed by atoms with Crippen molar-refractivity contribution in [1.29, 1.82) is 0 Å². The maximum absolute atomic E-state index is 14.2. The lowest BCUT2D eigenvalue weighted by molar-refractivity contribution is -0.122. The molecular weight excluding hydrogens is 510 g/mol. The molecule has 0 bridgehead atoms. The third-order valence-corrected chi connectivity index (χ3v) is 7.56. The molecule has 3 atom stereocenters. The number of carbonyl (C=O) groups is 3. The summed E-state index contributed by atoms with van der Waals surface area (Å²) in [7, 11) is -2.02. The van der Waals surface area contributed by atoms with Crippen molar-refractivity contribution in [3.8, 4) is 0 Å². The van der Waals surface area contributed by atoms with Crippen LogP contribution >= 0.6 is 0 Å². The minimum absolute atomic E-state index is 0.0445. The molecule has 2 N–H and O–H groups in total. The van der Waals surface area contributed by atoms with E-state index in [0.717, 1.165) is 17.9 Å². The Morgan fingerprint density at radius 3 is 2.47 bits per heavy atom. The molecule has 0 spiro atoms. The van der Waals surface area contributed by atoms with Crippen LogP contribution < -0.4 is 20.4 Å².